The smallest absolute Gasteiger partial charge is 0.311 e. The quantitative estimate of drug-likeness (QED) is 0.860. The molecule has 1 aliphatic rings. The molecule has 4 heteroatoms. The Bertz CT molecular complexity index is 439. The second-order valence-corrected chi connectivity index (χ2v) is 4.30. The van der Waals surface area contributed by atoms with Crippen molar-refractivity contribution in [1.29, 1.82) is 0 Å². The molecule has 1 aromatic carbocycles. The largest absolute Gasteiger partial charge is 0.481 e. The summed E-state index contributed by atoms with van der Waals surface area (Å²) in [6, 6.07) is 2.50. The van der Waals surface area contributed by atoms with E-state index < -0.39 is 23.5 Å². The molecule has 1 fully saturated rings. The van der Waals surface area contributed by atoms with E-state index in [0.29, 0.717) is 5.56 Å². The van der Waals surface area contributed by atoms with Gasteiger partial charge in [0.15, 0.2) is 11.6 Å². The number of carboxylic acids is 1. The number of halogens is 2. The molecule has 0 spiro atoms. The highest BCUT2D eigenvalue weighted by molar-refractivity contribution is 5.77. The van der Waals surface area contributed by atoms with Gasteiger partial charge < -0.3 is 5.11 Å². The van der Waals surface area contributed by atoms with Gasteiger partial charge in [-0.05, 0) is 37.3 Å². The van der Waals surface area contributed by atoms with Crippen molar-refractivity contribution in [2.45, 2.75) is 25.7 Å². The summed E-state index contributed by atoms with van der Waals surface area (Å²) in [5.41, 5.74) is 0.522. The molecule has 0 amide bonds. The molecule has 1 N–H and O–H groups in total. The van der Waals surface area contributed by atoms with Crippen molar-refractivity contribution in [3.05, 3.63) is 34.9 Å². The molecule has 0 heterocycles. The van der Waals surface area contributed by atoms with Gasteiger partial charge >= 0.3 is 5.97 Å². The lowest BCUT2D eigenvalue weighted by Gasteiger charge is -2.13. The molecule has 2 nitrogen and oxygen atoms in total. The summed E-state index contributed by atoms with van der Waals surface area (Å²) in [7, 11) is 0. The molecule has 0 bridgehead atoms. The monoisotopic (exact) mass is 226 g/mol. The van der Waals surface area contributed by atoms with E-state index in [9.17, 15) is 13.6 Å². The number of aliphatic carboxylic acids is 1. The maximum absolute atomic E-state index is 13.5. The van der Waals surface area contributed by atoms with E-state index >= 15 is 0 Å². The minimum absolute atomic E-state index is 0.0208. The van der Waals surface area contributed by atoms with E-state index in [0.717, 1.165) is 18.9 Å². The van der Waals surface area contributed by atoms with Gasteiger partial charge in [-0.1, -0.05) is 6.07 Å². The lowest BCUT2D eigenvalue weighted by atomic mass is 9.92. The van der Waals surface area contributed by atoms with Crippen LogP contribution in [0.25, 0.3) is 0 Å². The molecule has 0 radical (unpaired) electrons. The van der Waals surface area contributed by atoms with Gasteiger partial charge in [0.05, 0.1) is 5.92 Å². The van der Waals surface area contributed by atoms with Gasteiger partial charge in [0.1, 0.15) is 0 Å². The van der Waals surface area contributed by atoms with Crippen LogP contribution in [-0.4, -0.2) is 11.1 Å². The Labute approximate surface area is 91.9 Å². The number of hydrogen-bond acceptors (Lipinski definition) is 1. The molecule has 1 atom stereocenters. The lowest BCUT2D eigenvalue weighted by molar-refractivity contribution is -0.139. The van der Waals surface area contributed by atoms with E-state index in [1.165, 1.54) is 6.07 Å². The van der Waals surface area contributed by atoms with Gasteiger partial charge in [-0.25, -0.2) is 8.78 Å². The summed E-state index contributed by atoms with van der Waals surface area (Å²) in [5.74, 6) is -4.03. The van der Waals surface area contributed by atoms with E-state index in [4.69, 9.17) is 5.11 Å². The van der Waals surface area contributed by atoms with Crippen LogP contribution in [0, 0.1) is 24.5 Å². The predicted octanol–water partition coefficient (Wildman–Crippen LogP) is 2.85. The van der Waals surface area contributed by atoms with Crippen LogP contribution in [0.3, 0.4) is 0 Å². The summed E-state index contributed by atoms with van der Waals surface area (Å²) in [6.07, 6.45) is 1.54. The standard InChI is InChI=1S/C12H12F2O2/c1-6-4-8(11(14)9(13)5-6)10(12(15)16)7-2-3-7/h4-5,7,10H,2-3H2,1H3,(H,15,16). The summed E-state index contributed by atoms with van der Waals surface area (Å²) in [4.78, 5) is 11.1. The number of aryl methyl sites for hydroxylation is 1. The average Bonchev–Trinajstić information content (AvgIpc) is 2.97. The Kier molecular flexibility index (Phi) is 2.66. The number of carboxylic acid groups (broad SMARTS) is 1. The highest BCUT2D eigenvalue weighted by atomic mass is 19.2. The molecule has 0 saturated heterocycles. The van der Waals surface area contributed by atoms with Crippen molar-refractivity contribution < 1.29 is 18.7 Å². The molecule has 1 aliphatic carbocycles. The Morgan fingerprint density at radius 2 is 2.06 bits per heavy atom. The zero-order chi connectivity index (χ0) is 11.9. The van der Waals surface area contributed by atoms with Crippen LogP contribution >= 0.6 is 0 Å². The molecule has 86 valence electrons. The van der Waals surface area contributed by atoms with Crippen molar-refractivity contribution in [3.63, 3.8) is 0 Å². The predicted molar refractivity (Wildman–Crippen MR) is 54.2 cm³/mol. The van der Waals surface area contributed by atoms with Crippen molar-refractivity contribution in [2.75, 3.05) is 0 Å². The Morgan fingerprint density at radius 3 is 2.56 bits per heavy atom. The third-order valence-electron chi connectivity index (χ3n) is 2.90. The van der Waals surface area contributed by atoms with Crippen LogP contribution in [-0.2, 0) is 4.79 Å². The van der Waals surface area contributed by atoms with E-state index in [1.54, 1.807) is 6.92 Å². The maximum Gasteiger partial charge on any atom is 0.311 e. The number of rotatable bonds is 3. The van der Waals surface area contributed by atoms with Gasteiger partial charge in [-0.15, -0.1) is 0 Å². The van der Waals surface area contributed by atoms with Gasteiger partial charge in [0.25, 0.3) is 0 Å². The van der Waals surface area contributed by atoms with Gasteiger partial charge in [0.2, 0.25) is 0 Å². The summed E-state index contributed by atoms with van der Waals surface area (Å²) < 4.78 is 26.7. The molecule has 1 unspecified atom stereocenters. The highest BCUT2D eigenvalue weighted by Gasteiger charge is 2.39. The zero-order valence-corrected chi connectivity index (χ0v) is 8.84. The van der Waals surface area contributed by atoms with Crippen LogP contribution in [0.1, 0.15) is 29.9 Å². The fourth-order valence-corrected chi connectivity index (χ4v) is 2.00. The molecule has 2 rings (SSSR count). The molecule has 1 saturated carbocycles. The van der Waals surface area contributed by atoms with Crippen LogP contribution in [0.5, 0.6) is 0 Å². The van der Waals surface area contributed by atoms with E-state index in [-0.39, 0.29) is 11.5 Å². The van der Waals surface area contributed by atoms with Crippen molar-refractivity contribution in [2.24, 2.45) is 5.92 Å². The van der Waals surface area contributed by atoms with Gasteiger partial charge in [0, 0.05) is 5.56 Å². The minimum atomic E-state index is -1.08. The molecular weight excluding hydrogens is 214 g/mol. The first-order chi connectivity index (χ1) is 7.50. The summed E-state index contributed by atoms with van der Waals surface area (Å²) in [5, 5.41) is 9.05. The van der Waals surface area contributed by atoms with Gasteiger partial charge in [-0.2, -0.15) is 0 Å². The highest BCUT2D eigenvalue weighted by Crippen LogP contribution is 2.43. The van der Waals surface area contributed by atoms with E-state index in [2.05, 4.69) is 0 Å². The fraction of sp³-hybridized carbons (Fsp3) is 0.417. The van der Waals surface area contributed by atoms with Crippen LogP contribution in [0.4, 0.5) is 8.78 Å². The molecule has 0 aromatic heterocycles. The van der Waals surface area contributed by atoms with Crippen LogP contribution in [0.2, 0.25) is 0 Å². The molecule has 16 heavy (non-hydrogen) atoms. The maximum atomic E-state index is 13.5. The SMILES string of the molecule is Cc1cc(F)c(F)c(C(C(=O)O)C2CC2)c1. The Morgan fingerprint density at radius 1 is 1.44 bits per heavy atom. The zero-order valence-electron chi connectivity index (χ0n) is 8.84. The average molecular weight is 226 g/mol. The topological polar surface area (TPSA) is 37.3 Å². The third-order valence-corrected chi connectivity index (χ3v) is 2.90. The fourth-order valence-electron chi connectivity index (χ4n) is 2.00. The van der Waals surface area contributed by atoms with Crippen LogP contribution in [0.15, 0.2) is 12.1 Å². The second-order valence-electron chi connectivity index (χ2n) is 4.30. The second kappa shape index (κ2) is 3.85. The van der Waals surface area contributed by atoms with E-state index in [1.807, 2.05) is 0 Å². The number of hydrogen-bond donors (Lipinski definition) is 1. The van der Waals surface area contributed by atoms with Crippen molar-refractivity contribution >= 4 is 5.97 Å². The summed E-state index contributed by atoms with van der Waals surface area (Å²) in [6.45, 7) is 1.62. The number of carbonyl (C=O) groups is 1. The number of benzene rings is 1. The Hall–Kier alpha value is -1.45. The van der Waals surface area contributed by atoms with Crippen molar-refractivity contribution in [1.82, 2.24) is 0 Å². The first kappa shape index (κ1) is 11.0. The first-order valence-electron chi connectivity index (χ1n) is 5.19. The Balaban J connectivity index is 2.48. The van der Waals surface area contributed by atoms with Crippen molar-refractivity contribution in [3.8, 4) is 0 Å². The molecule has 1 aromatic rings. The molecule has 0 aliphatic heterocycles. The third kappa shape index (κ3) is 1.92. The summed E-state index contributed by atoms with van der Waals surface area (Å²) >= 11 is 0. The van der Waals surface area contributed by atoms with Gasteiger partial charge in [-0.3, -0.25) is 4.79 Å². The first-order valence-corrected chi connectivity index (χ1v) is 5.19. The normalized spacial score (nSPS) is 17.2. The minimum Gasteiger partial charge on any atom is -0.481 e. The lowest BCUT2D eigenvalue weighted by Crippen LogP contribution is -2.16. The molecular formula is C12H12F2O2. The van der Waals surface area contributed by atoms with Crippen LogP contribution < -0.4 is 0 Å².